The number of nitrogens with zero attached hydrogens (tertiary/aromatic N) is 1. The van der Waals surface area contributed by atoms with Crippen molar-refractivity contribution in [3.05, 3.63) is 11.8 Å². The molecule has 0 saturated carbocycles. The number of amides is 2. The summed E-state index contributed by atoms with van der Waals surface area (Å²) in [7, 11) is 1.19. The largest absolute Gasteiger partial charge is 0.464 e. The first kappa shape index (κ1) is 24.7. The maximum atomic E-state index is 12.9. The second-order valence-electron chi connectivity index (χ2n) is 9.58. The first-order valence-corrected chi connectivity index (χ1v) is 9.39. The molecule has 0 aromatic heterocycles. The van der Waals surface area contributed by atoms with Gasteiger partial charge in [0.2, 0.25) is 0 Å². The Labute approximate surface area is 172 Å². The van der Waals surface area contributed by atoms with E-state index in [2.05, 4.69) is 5.32 Å². The Morgan fingerprint density at radius 3 is 1.97 bits per heavy atom. The third kappa shape index (κ3) is 6.92. The zero-order valence-corrected chi connectivity index (χ0v) is 19.1. The lowest BCUT2D eigenvalue weighted by atomic mass is 9.99. The molecule has 1 N–H and O–H groups in total. The van der Waals surface area contributed by atoms with Gasteiger partial charge in [-0.1, -0.05) is 0 Å². The van der Waals surface area contributed by atoms with Crippen molar-refractivity contribution < 1.29 is 33.3 Å². The predicted molar refractivity (Wildman–Crippen MR) is 106 cm³/mol. The number of hydrogen-bond donors (Lipinski definition) is 1. The van der Waals surface area contributed by atoms with Crippen molar-refractivity contribution in [2.45, 2.75) is 84.8 Å². The molecule has 0 unspecified atom stereocenters. The molecule has 0 radical (unpaired) electrons. The maximum Gasteiger partial charge on any atom is 0.413 e. The van der Waals surface area contributed by atoms with Gasteiger partial charge >= 0.3 is 18.2 Å². The highest BCUT2D eigenvalue weighted by Gasteiger charge is 2.52. The number of alkyl carbamates (subject to hydrolysis) is 1. The molecule has 0 aliphatic carbocycles. The van der Waals surface area contributed by atoms with E-state index in [4.69, 9.17) is 18.9 Å². The second-order valence-corrected chi connectivity index (χ2v) is 9.58. The molecule has 0 bridgehead atoms. The molecule has 1 fully saturated rings. The highest BCUT2D eigenvalue weighted by atomic mass is 16.6. The van der Waals surface area contributed by atoms with Crippen molar-refractivity contribution in [3.63, 3.8) is 0 Å². The fourth-order valence-corrected chi connectivity index (χ4v) is 2.89. The first-order valence-electron chi connectivity index (χ1n) is 9.39. The summed E-state index contributed by atoms with van der Waals surface area (Å²) in [6, 6.07) is 0. The number of hydrogen-bond acceptors (Lipinski definition) is 7. The van der Waals surface area contributed by atoms with Gasteiger partial charge in [-0.15, -0.1) is 0 Å². The van der Waals surface area contributed by atoms with E-state index in [1.165, 1.54) is 18.1 Å². The summed E-state index contributed by atoms with van der Waals surface area (Å²) in [4.78, 5) is 38.7. The van der Waals surface area contributed by atoms with Crippen LogP contribution in [0.2, 0.25) is 0 Å². The Kier molecular flexibility index (Phi) is 7.01. The van der Waals surface area contributed by atoms with Gasteiger partial charge in [-0.25, -0.2) is 14.4 Å². The molecule has 9 nitrogen and oxygen atoms in total. The van der Waals surface area contributed by atoms with Gasteiger partial charge < -0.3 is 18.9 Å². The SMILES string of the molecule is COC(=O)/C(=C/[C@]1(C)COC(C)(C)N1C(=O)OC(C)(C)C)NC(=O)OC(C)(C)C. The molecule has 1 saturated heterocycles. The zero-order valence-electron chi connectivity index (χ0n) is 19.1. The molecule has 1 heterocycles. The van der Waals surface area contributed by atoms with Crippen LogP contribution in [0.1, 0.15) is 62.3 Å². The molecule has 2 amide bonds. The van der Waals surface area contributed by atoms with Crippen molar-refractivity contribution >= 4 is 18.2 Å². The van der Waals surface area contributed by atoms with Gasteiger partial charge in [0.25, 0.3) is 0 Å². The number of carbonyl (C=O) groups excluding carboxylic acids is 3. The van der Waals surface area contributed by atoms with E-state index in [9.17, 15) is 14.4 Å². The molecule has 1 atom stereocenters. The Morgan fingerprint density at radius 1 is 1.00 bits per heavy atom. The summed E-state index contributed by atoms with van der Waals surface area (Å²) in [5.74, 6) is -0.786. The van der Waals surface area contributed by atoms with Crippen LogP contribution in [0.4, 0.5) is 9.59 Å². The number of rotatable bonds is 3. The number of esters is 1. The summed E-state index contributed by atoms with van der Waals surface area (Å²) in [5.41, 5.74) is -3.74. The molecule has 9 heteroatoms. The van der Waals surface area contributed by atoms with Gasteiger partial charge in [0.05, 0.1) is 19.3 Å². The van der Waals surface area contributed by atoms with Gasteiger partial charge in [0.1, 0.15) is 22.6 Å². The van der Waals surface area contributed by atoms with E-state index in [1.54, 1.807) is 62.3 Å². The summed E-state index contributed by atoms with van der Waals surface area (Å²) in [5, 5.41) is 2.40. The van der Waals surface area contributed by atoms with Crippen LogP contribution in [0.15, 0.2) is 11.8 Å². The van der Waals surface area contributed by atoms with Gasteiger partial charge in [-0.2, -0.15) is 0 Å². The van der Waals surface area contributed by atoms with Gasteiger partial charge in [-0.05, 0) is 68.4 Å². The van der Waals surface area contributed by atoms with Crippen LogP contribution < -0.4 is 5.32 Å². The third-order valence-corrected chi connectivity index (χ3v) is 3.84. The first-order chi connectivity index (χ1) is 12.9. The van der Waals surface area contributed by atoms with Crippen LogP contribution in [0.25, 0.3) is 0 Å². The topological polar surface area (TPSA) is 103 Å². The highest BCUT2D eigenvalue weighted by Crippen LogP contribution is 2.37. The van der Waals surface area contributed by atoms with E-state index in [0.717, 1.165) is 0 Å². The van der Waals surface area contributed by atoms with Crippen LogP contribution in [0.5, 0.6) is 0 Å². The average Bonchev–Trinajstić information content (AvgIpc) is 2.71. The lowest BCUT2D eigenvalue weighted by Gasteiger charge is -2.39. The monoisotopic (exact) mass is 414 g/mol. The highest BCUT2D eigenvalue weighted by molar-refractivity contribution is 5.92. The van der Waals surface area contributed by atoms with Crippen LogP contribution >= 0.6 is 0 Å². The van der Waals surface area contributed by atoms with Crippen molar-refractivity contribution in [2.24, 2.45) is 0 Å². The minimum Gasteiger partial charge on any atom is -0.464 e. The van der Waals surface area contributed by atoms with E-state index in [-0.39, 0.29) is 12.3 Å². The summed E-state index contributed by atoms with van der Waals surface area (Å²) in [6.45, 7) is 15.6. The fourth-order valence-electron chi connectivity index (χ4n) is 2.89. The van der Waals surface area contributed by atoms with Crippen LogP contribution in [0.3, 0.4) is 0 Å². The number of carbonyl (C=O) groups is 3. The minimum absolute atomic E-state index is 0.0791. The Morgan fingerprint density at radius 2 is 1.52 bits per heavy atom. The molecule has 1 rings (SSSR count). The second kappa shape index (κ2) is 8.22. The zero-order chi connectivity index (χ0) is 22.8. The number of nitrogens with one attached hydrogen (secondary N) is 1. The lowest BCUT2D eigenvalue weighted by Crippen LogP contribution is -2.55. The molecular weight excluding hydrogens is 380 g/mol. The summed E-state index contributed by atoms with van der Waals surface area (Å²) < 4.78 is 21.3. The molecule has 1 aliphatic rings. The molecule has 0 aromatic carbocycles. The van der Waals surface area contributed by atoms with Crippen molar-refractivity contribution in [3.8, 4) is 0 Å². The summed E-state index contributed by atoms with van der Waals surface area (Å²) >= 11 is 0. The number of methoxy groups -OCH3 is 1. The van der Waals surface area contributed by atoms with E-state index in [0.29, 0.717) is 0 Å². The standard InChI is InChI=1S/C20H34N2O7/c1-17(2,3)28-15(24)21-13(14(23)26-10)11-20(9)12-27-19(7,8)22(20)16(25)29-18(4,5)6/h11H,12H2,1-10H3,(H,21,24)/b13-11-/t20-/m1/s1. The number of ether oxygens (including phenoxy) is 4. The van der Waals surface area contributed by atoms with Crippen molar-refractivity contribution in [2.75, 3.05) is 13.7 Å². The molecule has 0 spiro atoms. The minimum atomic E-state index is -1.09. The van der Waals surface area contributed by atoms with Gasteiger partial charge in [-0.3, -0.25) is 10.2 Å². The Bertz CT molecular complexity index is 686. The van der Waals surface area contributed by atoms with Gasteiger partial charge in [0.15, 0.2) is 0 Å². The van der Waals surface area contributed by atoms with Crippen LogP contribution in [-0.2, 0) is 23.7 Å². The normalized spacial score (nSPS) is 22.1. The molecule has 166 valence electrons. The Balaban J connectivity index is 3.30. The Hall–Kier alpha value is -2.29. The summed E-state index contributed by atoms with van der Waals surface area (Å²) in [6.07, 6.45) is -0.0125. The van der Waals surface area contributed by atoms with E-state index in [1.807, 2.05) is 0 Å². The third-order valence-electron chi connectivity index (χ3n) is 3.84. The molecule has 0 aromatic rings. The molecule has 1 aliphatic heterocycles. The predicted octanol–water partition coefficient (Wildman–Crippen LogP) is 3.33. The van der Waals surface area contributed by atoms with Crippen molar-refractivity contribution in [1.82, 2.24) is 10.2 Å². The molecular formula is C20H34N2O7. The van der Waals surface area contributed by atoms with Gasteiger partial charge in [0, 0.05) is 0 Å². The lowest BCUT2D eigenvalue weighted by molar-refractivity contribution is -0.136. The van der Waals surface area contributed by atoms with E-state index >= 15 is 0 Å². The fraction of sp³-hybridized carbons (Fsp3) is 0.750. The quantitative estimate of drug-likeness (QED) is 0.429. The van der Waals surface area contributed by atoms with Crippen LogP contribution in [-0.4, -0.2) is 59.2 Å². The van der Waals surface area contributed by atoms with E-state index < -0.39 is 40.6 Å². The van der Waals surface area contributed by atoms with Crippen LogP contribution in [0, 0.1) is 0 Å². The molecule has 29 heavy (non-hydrogen) atoms. The van der Waals surface area contributed by atoms with Crippen molar-refractivity contribution in [1.29, 1.82) is 0 Å². The average molecular weight is 414 g/mol. The maximum absolute atomic E-state index is 12.9. The smallest absolute Gasteiger partial charge is 0.413 e.